The van der Waals surface area contributed by atoms with Gasteiger partial charge in [0, 0.05) is 17.7 Å². The third kappa shape index (κ3) is 7.39. The van der Waals surface area contributed by atoms with Gasteiger partial charge >= 0.3 is 0 Å². The van der Waals surface area contributed by atoms with Crippen molar-refractivity contribution in [3.63, 3.8) is 0 Å². The summed E-state index contributed by atoms with van der Waals surface area (Å²) in [5.74, 6) is -3.66. The first kappa shape index (κ1) is 39.8. The molecular formula is C33H40O21. The van der Waals surface area contributed by atoms with Crippen LogP contribution in [0.3, 0.4) is 0 Å². The van der Waals surface area contributed by atoms with Crippen molar-refractivity contribution in [1.82, 2.24) is 0 Å². The zero-order valence-corrected chi connectivity index (χ0v) is 28.0. The molecule has 0 spiro atoms. The fourth-order valence-corrected chi connectivity index (χ4v) is 6.21. The van der Waals surface area contributed by atoms with Crippen LogP contribution in [0.5, 0.6) is 28.7 Å². The highest BCUT2D eigenvalue weighted by Gasteiger charge is 2.48. The molecule has 3 fully saturated rings. The molecule has 54 heavy (non-hydrogen) atoms. The molecule has 3 aromatic rings. The first-order valence-electron chi connectivity index (χ1n) is 16.5. The Bertz CT molecular complexity index is 1850. The highest BCUT2D eigenvalue weighted by atomic mass is 16.7. The fraction of sp³-hybridized carbons (Fsp3) is 0.545. The van der Waals surface area contributed by atoms with Gasteiger partial charge in [0.05, 0.1) is 19.3 Å². The maximum atomic E-state index is 14.4. The Balaban J connectivity index is 1.38. The largest absolute Gasteiger partial charge is 0.508 e. The number of hydrogen-bond acceptors (Lipinski definition) is 21. The molecule has 21 nitrogen and oxygen atoms in total. The number of benzene rings is 2. The van der Waals surface area contributed by atoms with E-state index in [1.165, 1.54) is 13.0 Å². The van der Waals surface area contributed by atoms with Crippen LogP contribution in [0.15, 0.2) is 39.5 Å². The van der Waals surface area contributed by atoms with E-state index in [1.807, 2.05) is 0 Å². The van der Waals surface area contributed by atoms with Gasteiger partial charge in [0.25, 0.3) is 0 Å². The van der Waals surface area contributed by atoms with Crippen molar-refractivity contribution < 1.29 is 99.2 Å². The summed E-state index contributed by atoms with van der Waals surface area (Å²) in [6, 6.07) is 5.06. The molecule has 0 saturated carbocycles. The van der Waals surface area contributed by atoms with Gasteiger partial charge in [-0.15, -0.1) is 0 Å². The van der Waals surface area contributed by atoms with Gasteiger partial charge in [0.2, 0.25) is 23.8 Å². The summed E-state index contributed by atoms with van der Waals surface area (Å²) < 4.78 is 39.4. The first-order valence-corrected chi connectivity index (χ1v) is 16.5. The predicted molar refractivity (Wildman–Crippen MR) is 173 cm³/mol. The summed E-state index contributed by atoms with van der Waals surface area (Å²) in [4.78, 5) is 14.4. The number of aromatic hydroxyl groups is 3. The summed E-state index contributed by atoms with van der Waals surface area (Å²) in [5.41, 5.74) is -1.67. The van der Waals surface area contributed by atoms with E-state index in [4.69, 9.17) is 32.8 Å². The maximum Gasteiger partial charge on any atom is 0.239 e. The number of fused-ring (bicyclic) bond motifs is 1. The van der Waals surface area contributed by atoms with E-state index >= 15 is 0 Å². The minimum atomic E-state index is -2.08. The molecular weight excluding hydrogens is 732 g/mol. The van der Waals surface area contributed by atoms with E-state index in [2.05, 4.69) is 0 Å². The van der Waals surface area contributed by atoms with E-state index < -0.39 is 156 Å². The van der Waals surface area contributed by atoms with E-state index in [1.54, 1.807) is 0 Å². The van der Waals surface area contributed by atoms with Gasteiger partial charge in [-0.05, 0) is 25.1 Å². The minimum Gasteiger partial charge on any atom is -0.508 e. The molecule has 21 heteroatoms. The van der Waals surface area contributed by atoms with Crippen molar-refractivity contribution in [1.29, 1.82) is 0 Å². The first-order chi connectivity index (χ1) is 25.5. The Kier molecular flexibility index (Phi) is 11.5. The number of aliphatic hydroxyl groups is 10. The third-order valence-corrected chi connectivity index (χ3v) is 9.37. The van der Waals surface area contributed by atoms with E-state index in [9.17, 15) is 71.2 Å². The molecule has 3 aliphatic rings. The average molecular weight is 773 g/mol. The van der Waals surface area contributed by atoms with Crippen LogP contribution in [-0.2, 0) is 18.9 Å². The molecule has 3 aliphatic heterocycles. The zero-order valence-electron chi connectivity index (χ0n) is 28.0. The van der Waals surface area contributed by atoms with Crippen LogP contribution in [0.2, 0.25) is 0 Å². The van der Waals surface area contributed by atoms with Gasteiger partial charge in [-0.25, -0.2) is 0 Å². The molecule has 0 radical (unpaired) electrons. The summed E-state index contributed by atoms with van der Waals surface area (Å²) in [7, 11) is 0. The lowest BCUT2D eigenvalue weighted by Crippen LogP contribution is -2.61. The molecule has 298 valence electrons. The molecule has 3 saturated heterocycles. The summed E-state index contributed by atoms with van der Waals surface area (Å²) in [5, 5.41) is 134. The third-order valence-electron chi connectivity index (χ3n) is 9.37. The van der Waals surface area contributed by atoms with Crippen molar-refractivity contribution in [2.75, 3.05) is 13.2 Å². The summed E-state index contributed by atoms with van der Waals surface area (Å²) in [6.45, 7) is -0.0961. The number of rotatable bonds is 9. The second-order valence-electron chi connectivity index (χ2n) is 13.1. The highest BCUT2D eigenvalue weighted by Crippen LogP contribution is 2.40. The number of phenolic OH excluding ortho intramolecular Hbond substituents is 3. The van der Waals surface area contributed by atoms with E-state index in [0.717, 1.165) is 24.3 Å². The Labute approximate surface area is 303 Å². The smallest absolute Gasteiger partial charge is 0.239 e. The van der Waals surface area contributed by atoms with Crippen LogP contribution < -0.4 is 14.9 Å². The standard InChI is InChI=1S/C33H40O21/c1-9-19(38)23(42)26(45)31(49-9)48-8-17-21(40)25(44)28(47)33(53-17)54-30-22(41)18-14(50-29(30)10-2-3-12(36)13(37)4-10)5-11(35)6-15(18)51-32-27(46)24(43)20(39)16(7-34)52-32/h2-6,9,16-17,19-21,23-28,31-40,42-47H,7-8H2,1H3/t9-,16+,17+,19-,20+,21+,23+,24-,25-,26+,27+,28+,31+,32+,33-/m0/s1. The van der Waals surface area contributed by atoms with Crippen molar-refractivity contribution in [3.8, 4) is 40.1 Å². The molecule has 0 unspecified atom stereocenters. The summed E-state index contributed by atoms with van der Waals surface area (Å²) >= 11 is 0. The van der Waals surface area contributed by atoms with Gasteiger partial charge < -0.3 is 99.2 Å². The minimum absolute atomic E-state index is 0.122. The Hall–Kier alpha value is -3.91. The number of aliphatic hydroxyl groups excluding tert-OH is 10. The number of phenols is 3. The monoisotopic (exact) mass is 772 g/mol. The van der Waals surface area contributed by atoms with Crippen molar-refractivity contribution in [2.45, 2.75) is 99.0 Å². The number of ether oxygens (including phenoxy) is 6. The lowest BCUT2D eigenvalue weighted by atomic mass is 9.98. The van der Waals surface area contributed by atoms with Crippen LogP contribution in [0.1, 0.15) is 6.92 Å². The highest BCUT2D eigenvalue weighted by molar-refractivity contribution is 5.88. The van der Waals surface area contributed by atoms with Crippen LogP contribution >= 0.6 is 0 Å². The second-order valence-corrected chi connectivity index (χ2v) is 13.1. The van der Waals surface area contributed by atoms with Crippen LogP contribution in [0.4, 0.5) is 0 Å². The normalized spacial score (nSPS) is 37.3. The Morgan fingerprint density at radius 1 is 0.648 bits per heavy atom. The molecule has 0 bridgehead atoms. The van der Waals surface area contributed by atoms with Gasteiger partial charge in [-0.3, -0.25) is 4.79 Å². The summed E-state index contributed by atoms with van der Waals surface area (Å²) in [6.07, 6.45) is -25.8. The van der Waals surface area contributed by atoms with Crippen molar-refractivity contribution >= 4 is 11.0 Å². The zero-order chi connectivity index (χ0) is 39.3. The molecule has 0 aliphatic carbocycles. The Morgan fingerprint density at radius 3 is 1.89 bits per heavy atom. The predicted octanol–water partition coefficient (Wildman–Crippen LogP) is -4.21. The second kappa shape index (κ2) is 15.7. The number of hydrogen-bond donors (Lipinski definition) is 13. The van der Waals surface area contributed by atoms with Crippen LogP contribution in [-0.4, -0.2) is 172 Å². The Morgan fingerprint density at radius 2 is 1.24 bits per heavy atom. The molecule has 13 N–H and O–H groups in total. The van der Waals surface area contributed by atoms with E-state index in [-0.39, 0.29) is 5.56 Å². The maximum absolute atomic E-state index is 14.4. The quantitative estimate of drug-likeness (QED) is 0.0917. The average Bonchev–Trinajstić information content (AvgIpc) is 3.14. The molecule has 6 rings (SSSR count). The lowest BCUT2D eigenvalue weighted by Gasteiger charge is -2.42. The van der Waals surface area contributed by atoms with Crippen LogP contribution in [0.25, 0.3) is 22.3 Å². The van der Waals surface area contributed by atoms with Crippen molar-refractivity contribution in [3.05, 3.63) is 40.6 Å². The van der Waals surface area contributed by atoms with Gasteiger partial charge in [-0.2, -0.15) is 0 Å². The molecule has 4 heterocycles. The van der Waals surface area contributed by atoms with E-state index in [0.29, 0.717) is 0 Å². The molecule has 0 amide bonds. The topological polar surface area (TPSA) is 349 Å². The van der Waals surface area contributed by atoms with Gasteiger partial charge in [-0.1, -0.05) is 0 Å². The fourth-order valence-electron chi connectivity index (χ4n) is 6.21. The molecule has 1 aromatic heterocycles. The lowest BCUT2D eigenvalue weighted by molar-refractivity contribution is -0.318. The van der Waals surface area contributed by atoms with Gasteiger partial charge in [0.15, 0.2) is 23.5 Å². The molecule has 2 aromatic carbocycles. The molecule has 15 atom stereocenters. The SMILES string of the molecule is C[C@@H]1O[C@@H](OC[C@H]2O[C@@H](Oc3c(-c4ccc(O)c(O)c4)oc4cc(O)cc(O[C@@H]5O[C@H](CO)[C@@H](O)[C@H](O)[C@H]5O)c4c3=O)[C@H](O)[C@@H](O)[C@@H]2O)[C@H](O)[C@H](O)[C@H]1O. The van der Waals surface area contributed by atoms with Crippen molar-refractivity contribution in [2.24, 2.45) is 0 Å². The van der Waals surface area contributed by atoms with Crippen LogP contribution in [0, 0.1) is 0 Å². The van der Waals surface area contributed by atoms with Gasteiger partial charge in [0.1, 0.15) is 89.6 Å².